The molecule has 1 N–H and O–H groups in total. The van der Waals surface area contributed by atoms with Gasteiger partial charge in [0.2, 0.25) is 5.91 Å². The lowest BCUT2D eigenvalue weighted by Crippen LogP contribution is -2.65. The van der Waals surface area contributed by atoms with Crippen LogP contribution in [0.2, 0.25) is 5.02 Å². The molecule has 1 aromatic heterocycles. The maximum Gasteiger partial charge on any atom is 0.277 e. The summed E-state index contributed by atoms with van der Waals surface area (Å²) >= 11 is 8.17. The molecule has 3 heterocycles. The fourth-order valence-corrected chi connectivity index (χ4v) is 6.29. The maximum atomic E-state index is 13.9. The molecule has 8 heteroatoms. The second-order valence-corrected chi connectivity index (χ2v) is 11.4. The highest BCUT2D eigenvalue weighted by atomic mass is 35.5. The van der Waals surface area contributed by atoms with E-state index >= 15 is 0 Å². The smallest absolute Gasteiger partial charge is 0.277 e. The van der Waals surface area contributed by atoms with Crippen LogP contribution in [0.5, 0.6) is 0 Å². The van der Waals surface area contributed by atoms with Crippen LogP contribution in [0, 0.1) is 6.92 Å². The molecule has 1 fully saturated rings. The molecule has 3 aliphatic rings. The van der Waals surface area contributed by atoms with Gasteiger partial charge in [-0.05, 0) is 62.3 Å². The number of carbonyl (C=O) groups excluding carboxylic acids is 2. The van der Waals surface area contributed by atoms with Crippen LogP contribution in [0.3, 0.4) is 0 Å². The third-order valence-electron chi connectivity index (χ3n) is 7.28. The highest BCUT2D eigenvalue weighted by molar-refractivity contribution is 8.02. The molecule has 2 aromatic rings. The van der Waals surface area contributed by atoms with Gasteiger partial charge in [-0.2, -0.15) is 5.10 Å². The minimum atomic E-state index is -1.13. The van der Waals surface area contributed by atoms with Gasteiger partial charge in [-0.15, -0.1) is 11.8 Å². The number of carbonyl (C=O) groups is 2. The van der Waals surface area contributed by atoms with E-state index in [1.165, 1.54) is 12.8 Å². The molecule has 34 heavy (non-hydrogen) atoms. The summed E-state index contributed by atoms with van der Waals surface area (Å²) in [6.07, 6.45) is 9.65. The predicted molar refractivity (Wildman–Crippen MR) is 137 cm³/mol. The lowest BCUT2D eigenvalue weighted by molar-refractivity contribution is -0.127. The molecule has 1 saturated carbocycles. The average molecular weight is 499 g/mol. The molecule has 180 valence electrons. The highest BCUT2D eigenvalue weighted by Gasteiger charge is 2.49. The van der Waals surface area contributed by atoms with Crippen molar-refractivity contribution in [2.45, 2.75) is 82.2 Å². The van der Waals surface area contributed by atoms with Crippen molar-refractivity contribution < 1.29 is 9.59 Å². The molecular weight excluding hydrogens is 468 g/mol. The minimum absolute atomic E-state index is 0.135. The van der Waals surface area contributed by atoms with Gasteiger partial charge in [-0.1, -0.05) is 49.4 Å². The van der Waals surface area contributed by atoms with E-state index in [-0.39, 0.29) is 23.1 Å². The van der Waals surface area contributed by atoms with Crippen molar-refractivity contribution in [2.75, 3.05) is 4.90 Å². The SMILES string of the molecule is Cc1ccc(N2C(=O)c3cc(C4CC=CS4)nn3CC2(C)C(=O)NC2CCCCCC2)cc1Cl. The quantitative estimate of drug-likeness (QED) is 0.541. The molecule has 2 atom stereocenters. The molecule has 0 spiro atoms. The van der Waals surface area contributed by atoms with Crippen molar-refractivity contribution in [3.63, 3.8) is 0 Å². The number of aryl methyl sites for hydroxylation is 1. The summed E-state index contributed by atoms with van der Waals surface area (Å²) in [5.74, 6) is -0.358. The Labute approximate surface area is 210 Å². The Morgan fingerprint density at radius 3 is 2.65 bits per heavy atom. The van der Waals surface area contributed by atoms with Crippen LogP contribution >= 0.6 is 23.4 Å². The Bertz CT molecular complexity index is 1130. The number of nitrogens with zero attached hydrogens (tertiary/aromatic N) is 3. The van der Waals surface area contributed by atoms with Crippen LogP contribution in [0.25, 0.3) is 0 Å². The Kier molecular flexibility index (Phi) is 6.51. The number of halogens is 1. The monoisotopic (exact) mass is 498 g/mol. The molecule has 6 nitrogen and oxygen atoms in total. The first-order valence-electron chi connectivity index (χ1n) is 12.2. The average Bonchev–Trinajstić information content (AvgIpc) is 3.42. The molecule has 0 bridgehead atoms. The fraction of sp³-hybridized carbons (Fsp3) is 0.500. The van der Waals surface area contributed by atoms with E-state index in [9.17, 15) is 9.59 Å². The highest BCUT2D eigenvalue weighted by Crippen LogP contribution is 2.40. The molecular formula is C26H31ClN4O2S. The van der Waals surface area contributed by atoms with E-state index < -0.39 is 5.54 Å². The molecule has 1 aromatic carbocycles. The molecule has 1 aliphatic carbocycles. The number of rotatable bonds is 4. The lowest BCUT2D eigenvalue weighted by atomic mass is 9.93. The van der Waals surface area contributed by atoms with Gasteiger partial charge in [0, 0.05) is 16.8 Å². The Morgan fingerprint density at radius 1 is 1.21 bits per heavy atom. The van der Waals surface area contributed by atoms with Crippen molar-refractivity contribution in [1.29, 1.82) is 0 Å². The summed E-state index contributed by atoms with van der Waals surface area (Å²) in [5, 5.41) is 10.9. The van der Waals surface area contributed by atoms with Crippen LogP contribution < -0.4 is 10.2 Å². The normalized spacial score (nSPS) is 25.3. The first-order chi connectivity index (χ1) is 16.4. The second-order valence-electron chi connectivity index (χ2n) is 9.85. The Morgan fingerprint density at radius 2 is 1.97 bits per heavy atom. The summed E-state index contributed by atoms with van der Waals surface area (Å²) in [6, 6.07) is 7.59. The predicted octanol–water partition coefficient (Wildman–Crippen LogP) is 5.79. The van der Waals surface area contributed by atoms with Crippen LogP contribution in [0.15, 0.2) is 35.7 Å². The number of fused-ring (bicyclic) bond motifs is 1. The van der Waals surface area contributed by atoms with Crippen LogP contribution in [0.1, 0.15) is 78.9 Å². The topological polar surface area (TPSA) is 67.2 Å². The number of allylic oxidation sites excluding steroid dienone is 1. The van der Waals surface area contributed by atoms with Crippen molar-refractivity contribution in [1.82, 2.24) is 15.1 Å². The fourth-order valence-electron chi connectivity index (χ4n) is 5.22. The van der Waals surface area contributed by atoms with Crippen LogP contribution in [-0.2, 0) is 11.3 Å². The number of anilines is 1. The Balaban J connectivity index is 1.53. The van der Waals surface area contributed by atoms with E-state index in [4.69, 9.17) is 16.7 Å². The zero-order chi connectivity index (χ0) is 23.9. The number of thioether (sulfide) groups is 1. The van der Waals surface area contributed by atoms with Gasteiger partial charge in [-0.3, -0.25) is 19.2 Å². The van der Waals surface area contributed by atoms with Gasteiger partial charge in [0.15, 0.2) is 0 Å². The number of hydrogen-bond acceptors (Lipinski definition) is 4. The summed E-state index contributed by atoms with van der Waals surface area (Å²) in [4.78, 5) is 29.4. The Hall–Kier alpha value is -2.25. The third kappa shape index (κ3) is 4.29. The van der Waals surface area contributed by atoms with E-state index in [2.05, 4.69) is 16.8 Å². The number of amides is 2. The van der Waals surface area contributed by atoms with Crippen molar-refractivity contribution in [3.05, 3.63) is 57.7 Å². The number of benzene rings is 1. The van der Waals surface area contributed by atoms with Crippen LogP contribution in [-0.4, -0.2) is 33.2 Å². The number of hydrogen-bond donors (Lipinski definition) is 1. The zero-order valence-electron chi connectivity index (χ0n) is 19.7. The summed E-state index contributed by atoms with van der Waals surface area (Å²) in [7, 11) is 0. The van der Waals surface area contributed by atoms with Crippen molar-refractivity contribution in [2.24, 2.45) is 0 Å². The first-order valence-corrected chi connectivity index (χ1v) is 13.5. The molecule has 0 radical (unpaired) electrons. The van der Waals surface area contributed by atoms with Gasteiger partial charge in [0.25, 0.3) is 5.91 Å². The lowest BCUT2D eigenvalue weighted by Gasteiger charge is -2.43. The van der Waals surface area contributed by atoms with Crippen molar-refractivity contribution in [3.8, 4) is 0 Å². The van der Waals surface area contributed by atoms with Gasteiger partial charge >= 0.3 is 0 Å². The van der Waals surface area contributed by atoms with E-state index in [1.54, 1.807) is 27.4 Å². The standard InChI is InChI=1S/C26H31ClN4O2S/c1-17-11-12-19(14-20(17)27)31-24(32)22-15-21(23-10-7-13-34-23)29-30(22)16-26(31,2)25(33)28-18-8-5-3-4-6-9-18/h7,11-15,18,23H,3-6,8-10,16H2,1-2H3,(H,28,33). The summed E-state index contributed by atoms with van der Waals surface area (Å²) < 4.78 is 1.73. The molecule has 5 rings (SSSR count). The first kappa shape index (κ1) is 23.5. The number of nitrogens with one attached hydrogen (secondary N) is 1. The van der Waals surface area contributed by atoms with Gasteiger partial charge in [0.05, 0.1) is 17.5 Å². The van der Waals surface area contributed by atoms with Crippen LogP contribution in [0.4, 0.5) is 5.69 Å². The zero-order valence-corrected chi connectivity index (χ0v) is 21.3. The van der Waals surface area contributed by atoms with Gasteiger partial charge in [-0.25, -0.2) is 0 Å². The van der Waals surface area contributed by atoms with Gasteiger partial charge in [0.1, 0.15) is 11.2 Å². The maximum absolute atomic E-state index is 13.9. The van der Waals surface area contributed by atoms with Gasteiger partial charge < -0.3 is 5.32 Å². The van der Waals surface area contributed by atoms with E-state index in [0.717, 1.165) is 43.4 Å². The van der Waals surface area contributed by atoms with Crippen molar-refractivity contribution >= 4 is 40.9 Å². The molecule has 2 unspecified atom stereocenters. The molecule has 0 saturated heterocycles. The molecule has 2 amide bonds. The molecule has 2 aliphatic heterocycles. The third-order valence-corrected chi connectivity index (χ3v) is 8.80. The number of aromatic nitrogens is 2. The summed E-state index contributed by atoms with van der Waals surface area (Å²) in [6.45, 7) is 4.07. The second kappa shape index (κ2) is 9.42. The van der Waals surface area contributed by atoms with E-state index in [1.807, 2.05) is 32.0 Å². The van der Waals surface area contributed by atoms with E-state index in [0.29, 0.717) is 22.9 Å². The minimum Gasteiger partial charge on any atom is -0.351 e. The summed E-state index contributed by atoms with van der Waals surface area (Å²) in [5.41, 5.74) is 1.83. The largest absolute Gasteiger partial charge is 0.351 e.